The summed E-state index contributed by atoms with van der Waals surface area (Å²) in [6.45, 7) is 2.59. The summed E-state index contributed by atoms with van der Waals surface area (Å²) in [4.78, 5) is 13.2. The number of aryl methyl sites for hydroxylation is 1. The lowest BCUT2D eigenvalue weighted by molar-refractivity contribution is -0.119. The topological polar surface area (TPSA) is 132 Å². The van der Waals surface area contributed by atoms with Crippen LogP contribution in [0.2, 0.25) is 0 Å². The molecule has 0 radical (unpaired) electrons. The van der Waals surface area contributed by atoms with Crippen LogP contribution in [-0.2, 0) is 24.8 Å². The van der Waals surface area contributed by atoms with Crippen molar-refractivity contribution in [2.24, 2.45) is 0 Å². The predicted molar refractivity (Wildman–Crippen MR) is 163 cm³/mol. The number of benzene rings is 3. The summed E-state index contributed by atoms with van der Waals surface area (Å²) >= 11 is 0. The molecule has 232 valence electrons. The highest BCUT2D eigenvalue weighted by Crippen LogP contribution is 2.34. The van der Waals surface area contributed by atoms with E-state index in [2.05, 4.69) is 5.32 Å². The van der Waals surface area contributed by atoms with Crippen LogP contribution in [0, 0.1) is 6.92 Å². The first kappa shape index (κ1) is 32.1. The molecule has 11 nitrogen and oxygen atoms in total. The number of nitrogens with zero attached hydrogens (tertiary/aromatic N) is 2. The van der Waals surface area contributed by atoms with Crippen molar-refractivity contribution in [2.75, 3.05) is 51.3 Å². The lowest BCUT2D eigenvalue weighted by Gasteiger charge is -2.25. The first-order chi connectivity index (χ1) is 20.6. The third kappa shape index (κ3) is 7.78. The summed E-state index contributed by atoms with van der Waals surface area (Å²) in [5.41, 5.74) is 1.12. The second-order valence-corrected chi connectivity index (χ2v) is 13.8. The van der Waals surface area contributed by atoms with Crippen molar-refractivity contribution in [3.63, 3.8) is 0 Å². The van der Waals surface area contributed by atoms with Crippen LogP contribution in [0.15, 0.2) is 76.5 Å². The number of methoxy groups -OCH3 is 2. The average molecular weight is 632 g/mol. The normalized spacial score (nSPS) is 14.1. The number of anilines is 1. The van der Waals surface area contributed by atoms with Gasteiger partial charge in [0.1, 0.15) is 18.9 Å². The van der Waals surface area contributed by atoms with Gasteiger partial charge in [0.2, 0.25) is 15.9 Å². The number of rotatable bonds is 13. The molecule has 43 heavy (non-hydrogen) atoms. The molecule has 0 spiro atoms. The van der Waals surface area contributed by atoms with Crippen molar-refractivity contribution in [2.45, 2.75) is 36.0 Å². The molecule has 0 atom stereocenters. The molecule has 4 rings (SSSR count). The number of amides is 1. The molecule has 1 heterocycles. The highest BCUT2D eigenvalue weighted by Gasteiger charge is 2.28. The third-order valence-corrected chi connectivity index (χ3v) is 10.7. The zero-order chi connectivity index (χ0) is 31.0. The van der Waals surface area contributed by atoms with E-state index < -0.39 is 32.5 Å². The van der Waals surface area contributed by atoms with Crippen LogP contribution in [0.1, 0.15) is 24.8 Å². The summed E-state index contributed by atoms with van der Waals surface area (Å²) < 4.78 is 71.8. The summed E-state index contributed by atoms with van der Waals surface area (Å²) in [6.07, 6.45) is 2.75. The van der Waals surface area contributed by atoms with Crippen LogP contribution in [0.5, 0.6) is 17.2 Å². The van der Waals surface area contributed by atoms with Crippen molar-refractivity contribution in [3.8, 4) is 17.2 Å². The quantitative estimate of drug-likeness (QED) is 0.283. The fourth-order valence-corrected chi connectivity index (χ4v) is 7.57. The van der Waals surface area contributed by atoms with E-state index in [1.807, 2.05) is 6.92 Å². The number of hydrogen-bond donors (Lipinski definition) is 1. The molecule has 1 saturated heterocycles. The molecule has 1 aliphatic rings. The lowest BCUT2D eigenvalue weighted by Crippen LogP contribution is -2.42. The molecule has 1 N–H and O–H groups in total. The zero-order valence-corrected chi connectivity index (χ0v) is 26.1. The van der Waals surface area contributed by atoms with Crippen molar-refractivity contribution in [3.05, 3.63) is 72.3 Å². The van der Waals surface area contributed by atoms with Crippen molar-refractivity contribution < 1.29 is 35.8 Å². The largest absolute Gasteiger partial charge is 0.493 e. The van der Waals surface area contributed by atoms with E-state index in [1.54, 1.807) is 36.4 Å². The summed E-state index contributed by atoms with van der Waals surface area (Å²) in [5, 5.41) is 2.69. The molecular weight excluding hydrogens is 594 g/mol. The van der Waals surface area contributed by atoms with Gasteiger partial charge < -0.3 is 19.5 Å². The molecule has 1 aliphatic heterocycles. The van der Waals surface area contributed by atoms with Gasteiger partial charge in [-0.15, -0.1) is 0 Å². The number of carbonyl (C=O) groups excluding carboxylic acids is 1. The molecule has 13 heteroatoms. The van der Waals surface area contributed by atoms with Gasteiger partial charge in [-0.1, -0.05) is 24.1 Å². The van der Waals surface area contributed by atoms with E-state index in [0.29, 0.717) is 30.3 Å². The molecular formula is C30H37N3O8S2. The van der Waals surface area contributed by atoms with Crippen LogP contribution in [-0.4, -0.2) is 74.1 Å². The average Bonchev–Trinajstić information content (AvgIpc) is 3.02. The Balaban J connectivity index is 1.40. The van der Waals surface area contributed by atoms with Crippen LogP contribution in [0.3, 0.4) is 0 Å². The lowest BCUT2D eigenvalue weighted by atomic mass is 10.2. The minimum absolute atomic E-state index is 0.0368. The first-order valence-electron chi connectivity index (χ1n) is 13.9. The number of carbonyl (C=O) groups is 1. The van der Waals surface area contributed by atoms with E-state index >= 15 is 0 Å². The van der Waals surface area contributed by atoms with Crippen molar-refractivity contribution in [1.29, 1.82) is 0 Å². The fraction of sp³-hybridized carbons (Fsp3) is 0.367. The number of ether oxygens (including phenoxy) is 3. The molecule has 1 amide bonds. The van der Waals surface area contributed by atoms with Crippen LogP contribution < -0.4 is 23.8 Å². The van der Waals surface area contributed by atoms with Gasteiger partial charge in [0.05, 0.1) is 36.2 Å². The van der Waals surface area contributed by atoms with E-state index in [-0.39, 0.29) is 28.6 Å². The highest BCUT2D eigenvalue weighted by molar-refractivity contribution is 7.92. The number of piperidine rings is 1. The SMILES string of the molecule is COc1ccc(N(CC(=O)NCCOc2ccc(S(=O)(=O)N3CCCCC3)cc2)S(=O)(=O)c2ccc(C)cc2)cc1OC. The Morgan fingerprint density at radius 2 is 1.47 bits per heavy atom. The maximum absolute atomic E-state index is 13.7. The second-order valence-electron chi connectivity index (χ2n) is 10.00. The molecule has 0 aliphatic carbocycles. The van der Waals surface area contributed by atoms with E-state index in [0.717, 1.165) is 29.1 Å². The van der Waals surface area contributed by atoms with Gasteiger partial charge in [0.15, 0.2) is 11.5 Å². The van der Waals surface area contributed by atoms with Gasteiger partial charge in [-0.3, -0.25) is 9.10 Å². The molecule has 0 aromatic heterocycles. The van der Waals surface area contributed by atoms with Crippen molar-refractivity contribution in [1.82, 2.24) is 9.62 Å². The summed E-state index contributed by atoms with van der Waals surface area (Å²) in [5.74, 6) is 0.628. The van der Waals surface area contributed by atoms with Gasteiger partial charge in [0.25, 0.3) is 10.0 Å². The van der Waals surface area contributed by atoms with Gasteiger partial charge in [-0.2, -0.15) is 4.31 Å². The summed E-state index contributed by atoms with van der Waals surface area (Å²) in [6, 6.07) is 17.1. The van der Waals surface area contributed by atoms with Crippen LogP contribution in [0.4, 0.5) is 5.69 Å². The Kier molecular flexibility index (Phi) is 10.5. The van der Waals surface area contributed by atoms with Crippen LogP contribution in [0.25, 0.3) is 0 Å². The van der Waals surface area contributed by atoms with E-state index in [1.165, 1.54) is 48.9 Å². The molecule has 0 saturated carbocycles. The van der Waals surface area contributed by atoms with E-state index in [4.69, 9.17) is 14.2 Å². The maximum Gasteiger partial charge on any atom is 0.264 e. The highest BCUT2D eigenvalue weighted by atomic mass is 32.2. The molecule has 3 aromatic carbocycles. The Labute approximate surface area is 253 Å². The van der Waals surface area contributed by atoms with Gasteiger partial charge in [-0.25, -0.2) is 16.8 Å². The van der Waals surface area contributed by atoms with E-state index in [9.17, 15) is 21.6 Å². The summed E-state index contributed by atoms with van der Waals surface area (Å²) in [7, 11) is -4.75. The minimum Gasteiger partial charge on any atom is -0.493 e. The Bertz CT molecular complexity index is 1600. The van der Waals surface area contributed by atoms with Crippen LogP contribution >= 0.6 is 0 Å². The van der Waals surface area contributed by atoms with Crippen molar-refractivity contribution >= 4 is 31.6 Å². The number of nitrogens with one attached hydrogen (secondary N) is 1. The first-order valence-corrected chi connectivity index (χ1v) is 16.8. The number of hydrogen-bond acceptors (Lipinski definition) is 8. The zero-order valence-electron chi connectivity index (χ0n) is 24.5. The van der Waals surface area contributed by atoms with Gasteiger partial charge >= 0.3 is 0 Å². The Morgan fingerprint density at radius 3 is 2.09 bits per heavy atom. The molecule has 0 bridgehead atoms. The Morgan fingerprint density at radius 1 is 0.837 bits per heavy atom. The smallest absolute Gasteiger partial charge is 0.264 e. The monoisotopic (exact) mass is 631 g/mol. The third-order valence-electron chi connectivity index (χ3n) is 7.02. The predicted octanol–water partition coefficient (Wildman–Crippen LogP) is 3.58. The second kappa shape index (κ2) is 14.1. The Hall–Kier alpha value is -3.81. The molecule has 0 unspecified atom stereocenters. The standard InChI is InChI=1S/C30H37N3O8S2/c1-23-7-12-27(13-8-23)43(37,38)33(24-9-16-28(39-2)29(21-24)40-3)22-30(34)31-17-20-41-25-10-14-26(15-11-25)42(35,36)32-18-5-4-6-19-32/h7-16,21H,4-6,17-20,22H2,1-3H3,(H,31,34). The molecule has 3 aromatic rings. The molecule has 1 fully saturated rings. The maximum atomic E-state index is 13.7. The van der Waals surface area contributed by atoms with Gasteiger partial charge in [0, 0.05) is 19.2 Å². The number of sulfonamides is 2. The fourth-order valence-electron chi connectivity index (χ4n) is 4.64. The minimum atomic E-state index is -4.12. The van der Waals surface area contributed by atoms with Gasteiger partial charge in [-0.05, 0) is 68.3 Å².